The lowest BCUT2D eigenvalue weighted by atomic mass is 10.1. The van der Waals surface area contributed by atoms with Crippen LogP contribution in [0.15, 0.2) is 42.9 Å². The number of aryl methyl sites for hydroxylation is 1. The third kappa shape index (κ3) is 7.07. The fourth-order valence-corrected chi connectivity index (χ4v) is 4.85. The minimum Gasteiger partial charge on any atom is -0.382 e. The number of amides is 1. The van der Waals surface area contributed by atoms with Crippen molar-refractivity contribution < 1.29 is 9.59 Å². The van der Waals surface area contributed by atoms with Crippen molar-refractivity contribution in [1.82, 2.24) is 24.3 Å². The number of carbonyl (C=O) groups excluding carboxylic acids is 2. The Kier molecular flexibility index (Phi) is 10.7. The van der Waals surface area contributed by atoms with Crippen LogP contribution in [0.3, 0.4) is 0 Å². The Labute approximate surface area is 233 Å². The summed E-state index contributed by atoms with van der Waals surface area (Å²) in [6, 6.07) is 7.58. The molecule has 204 valence electrons. The molecule has 4 aromatic rings. The number of aromatic nitrogens is 4. The summed E-state index contributed by atoms with van der Waals surface area (Å²) in [6.45, 7) is 8.93. The van der Waals surface area contributed by atoms with E-state index >= 15 is 0 Å². The Bertz CT molecular complexity index is 1460. The van der Waals surface area contributed by atoms with E-state index in [-0.39, 0.29) is 11.9 Å². The summed E-state index contributed by atoms with van der Waals surface area (Å²) in [5, 5.41) is 3.48. The van der Waals surface area contributed by atoms with Gasteiger partial charge in [-0.05, 0) is 51.4 Å². The van der Waals surface area contributed by atoms with Crippen molar-refractivity contribution in [1.29, 1.82) is 0 Å². The van der Waals surface area contributed by atoms with Crippen LogP contribution in [0.25, 0.3) is 16.8 Å². The first-order valence-electron chi connectivity index (χ1n) is 12.9. The van der Waals surface area contributed by atoms with Gasteiger partial charge in [-0.2, -0.15) is 0 Å². The zero-order valence-electron chi connectivity index (χ0n) is 23.1. The normalized spacial score (nSPS) is 11.3. The van der Waals surface area contributed by atoms with E-state index in [4.69, 9.17) is 10.7 Å². The van der Waals surface area contributed by atoms with Crippen molar-refractivity contribution in [2.45, 2.75) is 53.0 Å². The number of aldehydes is 1. The maximum Gasteiger partial charge on any atom is 0.257 e. The molecule has 0 aliphatic heterocycles. The highest BCUT2D eigenvalue weighted by molar-refractivity contribution is 7.15. The molecule has 1 amide bonds. The lowest BCUT2D eigenvalue weighted by Crippen LogP contribution is -2.26. The molecule has 3 aromatic heterocycles. The van der Waals surface area contributed by atoms with Crippen molar-refractivity contribution in [3.05, 3.63) is 59.1 Å². The summed E-state index contributed by atoms with van der Waals surface area (Å²) in [7, 11) is 2.12. The van der Waals surface area contributed by atoms with E-state index in [9.17, 15) is 9.59 Å². The number of anilines is 2. The number of thiazole rings is 1. The van der Waals surface area contributed by atoms with Crippen LogP contribution in [-0.4, -0.2) is 50.0 Å². The molecule has 39 heavy (non-hydrogen) atoms. The topological polar surface area (TPSA) is 119 Å². The summed E-state index contributed by atoms with van der Waals surface area (Å²) < 4.78 is 2.05. The minimum absolute atomic E-state index is 0.161. The van der Waals surface area contributed by atoms with Gasteiger partial charge in [0.15, 0.2) is 11.4 Å². The van der Waals surface area contributed by atoms with Gasteiger partial charge >= 0.3 is 0 Å². The lowest BCUT2D eigenvalue weighted by molar-refractivity contribution is -0.103. The zero-order valence-corrected chi connectivity index (χ0v) is 23.9. The van der Waals surface area contributed by atoms with E-state index in [1.165, 1.54) is 11.3 Å². The van der Waals surface area contributed by atoms with Crippen LogP contribution in [0, 0.1) is 11.8 Å². The van der Waals surface area contributed by atoms with Crippen LogP contribution in [0.4, 0.5) is 10.9 Å². The molecule has 0 saturated heterocycles. The standard InChI is InChI=1S/C25H31N7OS.C4H4O/c1-5-8-19(31(4)7-3)23-29-20(21-22(26)27-13-14-32(21)23)16-9-11-17(12-10-16)24(33)30-25-28-15-18(6-2)34-25;1-2-3-4-5/h9-15,19H,5-8H2,1-4H3,(H2,26,27)(H,28,30,33);4H,1H3. The second-order valence-corrected chi connectivity index (χ2v) is 9.87. The second kappa shape index (κ2) is 14.2. The van der Waals surface area contributed by atoms with Gasteiger partial charge in [-0.15, -0.1) is 11.3 Å². The van der Waals surface area contributed by atoms with E-state index in [0.717, 1.165) is 53.3 Å². The Morgan fingerprint density at radius 2 is 1.97 bits per heavy atom. The number of imidazole rings is 1. The number of nitrogens with zero attached hydrogens (tertiary/aromatic N) is 5. The predicted octanol–water partition coefficient (Wildman–Crippen LogP) is 5.25. The van der Waals surface area contributed by atoms with Crippen LogP contribution in [-0.2, 0) is 11.2 Å². The van der Waals surface area contributed by atoms with Crippen LogP contribution in [0.5, 0.6) is 0 Å². The Morgan fingerprint density at radius 3 is 2.54 bits per heavy atom. The van der Waals surface area contributed by atoms with E-state index in [2.05, 4.69) is 64.2 Å². The van der Waals surface area contributed by atoms with Crippen LogP contribution in [0.1, 0.15) is 67.6 Å². The minimum atomic E-state index is -0.187. The summed E-state index contributed by atoms with van der Waals surface area (Å²) in [5.41, 5.74) is 9.31. The first-order valence-corrected chi connectivity index (χ1v) is 13.7. The van der Waals surface area contributed by atoms with Gasteiger partial charge in [0.2, 0.25) is 0 Å². The summed E-state index contributed by atoms with van der Waals surface area (Å²) in [6.07, 6.45) is 8.93. The smallest absolute Gasteiger partial charge is 0.257 e. The SMILES string of the molecule is CC#CC=O.CCCC(c1nc(-c2ccc(C(=O)Nc3ncc(CC)s3)cc2)c2c(N)nccn12)N(C)CC. The molecule has 4 rings (SSSR count). The van der Waals surface area contributed by atoms with Gasteiger partial charge < -0.3 is 5.73 Å². The largest absolute Gasteiger partial charge is 0.382 e. The molecule has 1 atom stereocenters. The van der Waals surface area contributed by atoms with E-state index < -0.39 is 0 Å². The van der Waals surface area contributed by atoms with Crippen molar-refractivity contribution in [2.24, 2.45) is 0 Å². The molecule has 3 heterocycles. The maximum atomic E-state index is 12.7. The molecule has 0 radical (unpaired) electrons. The van der Waals surface area contributed by atoms with Crippen LogP contribution >= 0.6 is 11.3 Å². The molecular formula is C29H35N7O2S. The van der Waals surface area contributed by atoms with Gasteiger partial charge in [-0.1, -0.05) is 45.2 Å². The predicted molar refractivity (Wildman–Crippen MR) is 158 cm³/mol. The molecule has 10 heteroatoms. The summed E-state index contributed by atoms with van der Waals surface area (Å²) in [4.78, 5) is 39.0. The third-order valence-corrected chi connectivity index (χ3v) is 7.30. The van der Waals surface area contributed by atoms with Gasteiger partial charge in [0.05, 0.1) is 6.04 Å². The molecule has 0 bridgehead atoms. The van der Waals surface area contributed by atoms with Crippen molar-refractivity contribution in [3.63, 3.8) is 0 Å². The number of hydrogen-bond donors (Lipinski definition) is 2. The Morgan fingerprint density at radius 1 is 1.23 bits per heavy atom. The number of nitrogen functional groups attached to an aromatic ring is 1. The fourth-order valence-electron chi connectivity index (χ4n) is 4.10. The van der Waals surface area contributed by atoms with E-state index in [1.54, 1.807) is 31.5 Å². The summed E-state index contributed by atoms with van der Waals surface area (Å²) in [5.74, 6) is 5.77. The Balaban J connectivity index is 0.000000771. The van der Waals surface area contributed by atoms with E-state index in [1.807, 2.05) is 18.3 Å². The molecule has 1 unspecified atom stereocenters. The molecule has 3 N–H and O–H groups in total. The van der Waals surface area contributed by atoms with Gasteiger partial charge in [-0.3, -0.25) is 24.2 Å². The van der Waals surface area contributed by atoms with Gasteiger partial charge in [0, 0.05) is 34.6 Å². The lowest BCUT2D eigenvalue weighted by Gasteiger charge is -2.25. The third-order valence-electron chi connectivity index (χ3n) is 6.25. The number of carbonyl (C=O) groups is 2. The first-order chi connectivity index (χ1) is 18.9. The molecule has 0 aliphatic carbocycles. The monoisotopic (exact) mass is 545 g/mol. The number of nitrogens with two attached hydrogens (primary N) is 1. The maximum absolute atomic E-state index is 12.7. The van der Waals surface area contributed by atoms with Crippen LogP contribution < -0.4 is 11.1 Å². The number of nitrogens with one attached hydrogen (secondary N) is 1. The quantitative estimate of drug-likeness (QED) is 0.218. The van der Waals surface area contributed by atoms with Crippen molar-refractivity contribution in [2.75, 3.05) is 24.6 Å². The molecule has 1 aromatic carbocycles. The Hall–Kier alpha value is -4.07. The average molecular weight is 546 g/mol. The highest BCUT2D eigenvalue weighted by Crippen LogP contribution is 2.33. The zero-order chi connectivity index (χ0) is 28.4. The van der Waals surface area contributed by atoms with Gasteiger partial charge in [-0.25, -0.2) is 15.0 Å². The van der Waals surface area contributed by atoms with Crippen molar-refractivity contribution >= 4 is 40.0 Å². The number of benzene rings is 1. The molecule has 0 saturated carbocycles. The van der Waals surface area contributed by atoms with Crippen molar-refractivity contribution in [3.8, 4) is 23.1 Å². The molecular weight excluding hydrogens is 510 g/mol. The molecule has 0 aliphatic rings. The number of fused-ring (bicyclic) bond motifs is 1. The fraction of sp³-hybridized carbons (Fsp3) is 0.345. The summed E-state index contributed by atoms with van der Waals surface area (Å²) >= 11 is 1.49. The average Bonchev–Trinajstić information content (AvgIpc) is 3.57. The number of rotatable bonds is 9. The highest BCUT2D eigenvalue weighted by atomic mass is 32.1. The van der Waals surface area contributed by atoms with Gasteiger partial charge in [0.25, 0.3) is 5.91 Å². The van der Waals surface area contributed by atoms with Gasteiger partial charge in [0.1, 0.15) is 22.9 Å². The second-order valence-electron chi connectivity index (χ2n) is 8.76. The number of hydrogen-bond acceptors (Lipinski definition) is 8. The van der Waals surface area contributed by atoms with E-state index in [0.29, 0.717) is 22.8 Å². The molecule has 9 nitrogen and oxygen atoms in total. The molecule has 0 fully saturated rings. The van der Waals surface area contributed by atoms with Crippen LogP contribution in [0.2, 0.25) is 0 Å². The highest BCUT2D eigenvalue weighted by Gasteiger charge is 2.24. The first kappa shape index (κ1) is 29.5. The molecule has 0 spiro atoms.